The minimum Gasteiger partial charge on any atom is -0.354 e. The number of carbonyl (C=O) groups is 1. The highest BCUT2D eigenvalue weighted by atomic mass is 16.2. The Labute approximate surface area is 70.2 Å². The van der Waals surface area contributed by atoms with E-state index in [4.69, 9.17) is 10.5 Å². The summed E-state index contributed by atoms with van der Waals surface area (Å²) in [6.45, 7) is 1.22. The van der Waals surface area contributed by atoms with Crippen molar-refractivity contribution in [2.24, 2.45) is 0 Å². The summed E-state index contributed by atoms with van der Waals surface area (Å²) in [5.41, 5.74) is 0. The van der Waals surface area contributed by atoms with Crippen LogP contribution in [0.25, 0.3) is 0 Å². The summed E-state index contributed by atoms with van der Waals surface area (Å²) in [4.78, 5) is 12.4. The summed E-state index contributed by atoms with van der Waals surface area (Å²) in [5.74, 6) is -0.128. The monoisotopic (exact) mass is 164 g/mol. The Morgan fingerprint density at radius 1 is 1.50 bits per heavy atom. The molecule has 12 heavy (non-hydrogen) atoms. The molecule has 0 bridgehead atoms. The molecule has 0 aliphatic carbocycles. The Morgan fingerprint density at radius 2 is 2.17 bits per heavy atom. The molecule has 1 rings (SSSR count). The number of carbonyl (C=O) groups excluding carboxylic acids is 1. The second-order valence-corrected chi connectivity index (χ2v) is 2.48. The third kappa shape index (κ3) is 1.71. The maximum absolute atomic E-state index is 10.8. The second-order valence-electron chi connectivity index (χ2n) is 2.48. The maximum atomic E-state index is 10.8. The number of hydrogen-bond acceptors (Lipinski definition) is 4. The smallest absolute Gasteiger partial charge is 0.234 e. The highest BCUT2D eigenvalue weighted by molar-refractivity contribution is 5.78. The van der Waals surface area contributed by atoms with Crippen LogP contribution >= 0.6 is 0 Å². The van der Waals surface area contributed by atoms with Crippen LogP contribution in [0.1, 0.15) is 0 Å². The van der Waals surface area contributed by atoms with Crippen molar-refractivity contribution in [3.05, 3.63) is 0 Å². The van der Waals surface area contributed by atoms with Crippen molar-refractivity contribution in [3.63, 3.8) is 0 Å². The summed E-state index contributed by atoms with van der Waals surface area (Å²) in [7, 11) is 0. The molecule has 0 atom stereocenters. The van der Waals surface area contributed by atoms with Crippen LogP contribution in [0.3, 0.4) is 0 Å². The average Bonchev–Trinajstić information content (AvgIpc) is 2.07. The molecule has 5 heteroatoms. The quantitative estimate of drug-likeness (QED) is 0.529. The lowest BCUT2D eigenvalue weighted by molar-refractivity contribution is -0.124. The van der Waals surface area contributed by atoms with Gasteiger partial charge in [0, 0.05) is 13.1 Å². The number of hydrogen-bond donors (Lipinski definition) is 1. The predicted molar refractivity (Wildman–Crippen MR) is 39.6 cm³/mol. The normalized spacial score (nSPS) is 18.1. The van der Waals surface area contributed by atoms with E-state index in [0.717, 1.165) is 0 Å². The molecule has 0 aromatic heterocycles. The van der Waals surface area contributed by atoms with Gasteiger partial charge < -0.3 is 5.32 Å². The molecule has 1 amide bonds. The Morgan fingerprint density at radius 3 is 2.67 bits per heavy atom. The molecule has 1 saturated heterocycles. The van der Waals surface area contributed by atoms with E-state index in [1.165, 1.54) is 0 Å². The minimum atomic E-state index is -0.795. The van der Waals surface area contributed by atoms with Crippen molar-refractivity contribution in [2.75, 3.05) is 19.6 Å². The van der Waals surface area contributed by atoms with E-state index >= 15 is 0 Å². The van der Waals surface area contributed by atoms with Crippen LogP contribution in [0.5, 0.6) is 0 Å². The maximum Gasteiger partial charge on any atom is 0.234 e. The zero-order valence-corrected chi connectivity index (χ0v) is 6.45. The zero-order valence-electron chi connectivity index (χ0n) is 6.45. The molecule has 0 saturated carbocycles. The molecule has 0 aromatic carbocycles. The van der Waals surface area contributed by atoms with Crippen molar-refractivity contribution >= 4 is 5.91 Å². The van der Waals surface area contributed by atoms with Crippen molar-refractivity contribution < 1.29 is 4.79 Å². The number of nitriles is 2. The SMILES string of the molecule is N#CC(C#N)N1CCNC(=O)C1. The lowest BCUT2D eigenvalue weighted by Gasteiger charge is -2.26. The van der Waals surface area contributed by atoms with Crippen LogP contribution in [0.15, 0.2) is 0 Å². The molecular weight excluding hydrogens is 156 g/mol. The van der Waals surface area contributed by atoms with E-state index < -0.39 is 6.04 Å². The molecule has 5 nitrogen and oxygen atoms in total. The van der Waals surface area contributed by atoms with Crippen molar-refractivity contribution in [1.82, 2.24) is 10.2 Å². The summed E-state index contributed by atoms with van der Waals surface area (Å²) in [5, 5.41) is 19.7. The highest BCUT2D eigenvalue weighted by Crippen LogP contribution is 1.99. The summed E-state index contributed by atoms with van der Waals surface area (Å²) < 4.78 is 0. The van der Waals surface area contributed by atoms with Gasteiger partial charge >= 0.3 is 0 Å². The zero-order chi connectivity index (χ0) is 8.97. The number of piperazine rings is 1. The fraction of sp³-hybridized carbons (Fsp3) is 0.571. The first-order chi connectivity index (χ1) is 5.77. The van der Waals surface area contributed by atoms with E-state index in [1.54, 1.807) is 4.90 Å². The average molecular weight is 164 g/mol. The lowest BCUT2D eigenvalue weighted by Crippen LogP contribution is -2.50. The molecule has 0 aromatic rings. The van der Waals surface area contributed by atoms with Crippen molar-refractivity contribution in [2.45, 2.75) is 6.04 Å². The first-order valence-electron chi connectivity index (χ1n) is 3.58. The van der Waals surface area contributed by atoms with Gasteiger partial charge in [0.2, 0.25) is 5.91 Å². The molecule has 0 spiro atoms. The lowest BCUT2D eigenvalue weighted by atomic mass is 10.2. The minimum absolute atomic E-state index is 0.128. The molecule has 1 aliphatic heterocycles. The van der Waals surface area contributed by atoms with E-state index in [1.807, 2.05) is 12.1 Å². The van der Waals surface area contributed by atoms with Crippen LogP contribution in [-0.4, -0.2) is 36.5 Å². The van der Waals surface area contributed by atoms with Gasteiger partial charge in [-0.15, -0.1) is 0 Å². The Bertz CT molecular complexity index is 248. The number of amides is 1. The van der Waals surface area contributed by atoms with E-state index in [2.05, 4.69) is 5.32 Å². The highest BCUT2D eigenvalue weighted by Gasteiger charge is 2.23. The molecule has 0 radical (unpaired) electrons. The van der Waals surface area contributed by atoms with Gasteiger partial charge in [0.1, 0.15) is 0 Å². The van der Waals surface area contributed by atoms with Gasteiger partial charge in [-0.05, 0) is 0 Å². The van der Waals surface area contributed by atoms with Gasteiger partial charge in [0.05, 0.1) is 18.7 Å². The van der Waals surface area contributed by atoms with Gasteiger partial charge in [-0.1, -0.05) is 0 Å². The fourth-order valence-corrected chi connectivity index (χ4v) is 1.07. The van der Waals surface area contributed by atoms with Crippen LogP contribution < -0.4 is 5.32 Å². The van der Waals surface area contributed by atoms with Crippen LogP contribution in [-0.2, 0) is 4.79 Å². The van der Waals surface area contributed by atoms with E-state index in [9.17, 15) is 4.79 Å². The summed E-state index contributed by atoms with van der Waals surface area (Å²) in [6.07, 6.45) is 0. The van der Waals surface area contributed by atoms with E-state index in [-0.39, 0.29) is 12.5 Å². The second kappa shape index (κ2) is 3.70. The largest absolute Gasteiger partial charge is 0.354 e. The van der Waals surface area contributed by atoms with E-state index in [0.29, 0.717) is 13.1 Å². The summed E-state index contributed by atoms with van der Waals surface area (Å²) in [6, 6.07) is 2.86. The fourth-order valence-electron chi connectivity index (χ4n) is 1.07. The van der Waals surface area contributed by atoms with Crippen LogP contribution in [0.4, 0.5) is 0 Å². The number of nitrogens with zero attached hydrogens (tertiary/aromatic N) is 3. The van der Waals surface area contributed by atoms with Crippen LogP contribution in [0, 0.1) is 22.7 Å². The van der Waals surface area contributed by atoms with Gasteiger partial charge in [-0.25, -0.2) is 0 Å². The standard InChI is InChI=1S/C7H8N4O/c8-3-6(4-9)11-2-1-10-7(12)5-11/h6H,1-2,5H2,(H,10,12). The Kier molecular flexibility index (Phi) is 2.62. The van der Waals surface area contributed by atoms with Gasteiger partial charge in [0.25, 0.3) is 0 Å². The van der Waals surface area contributed by atoms with Crippen LogP contribution in [0.2, 0.25) is 0 Å². The van der Waals surface area contributed by atoms with Crippen molar-refractivity contribution in [3.8, 4) is 12.1 Å². The molecule has 1 fully saturated rings. The third-order valence-corrected chi connectivity index (χ3v) is 1.68. The first-order valence-corrected chi connectivity index (χ1v) is 3.58. The Balaban J connectivity index is 2.58. The van der Waals surface area contributed by atoms with Gasteiger partial charge in [0.15, 0.2) is 6.04 Å². The van der Waals surface area contributed by atoms with Gasteiger partial charge in [-0.3, -0.25) is 9.69 Å². The molecule has 1 N–H and O–H groups in total. The summed E-state index contributed by atoms with van der Waals surface area (Å²) >= 11 is 0. The molecule has 1 aliphatic rings. The third-order valence-electron chi connectivity index (χ3n) is 1.68. The molecular formula is C7H8N4O. The molecule has 0 unspecified atom stereocenters. The van der Waals surface area contributed by atoms with Gasteiger partial charge in [-0.2, -0.15) is 10.5 Å². The molecule has 1 heterocycles. The van der Waals surface area contributed by atoms with Crippen molar-refractivity contribution in [1.29, 1.82) is 10.5 Å². The first kappa shape index (κ1) is 8.51. The molecule has 62 valence electrons. The number of rotatable bonds is 1. The Hall–Kier alpha value is -1.59. The number of nitrogens with one attached hydrogen (secondary N) is 1. The predicted octanol–water partition coefficient (Wildman–Crippen LogP) is -1.17. The topological polar surface area (TPSA) is 79.9 Å².